The largest absolute Gasteiger partial charge is 0.493 e. The van der Waals surface area contributed by atoms with Crippen molar-refractivity contribution < 1.29 is 31.8 Å². The minimum Gasteiger partial charge on any atom is -0.493 e. The fraction of sp³-hybridized carbons (Fsp3) is 0.188. The van der Waals surface area contributed by atoms with Crippen molar-refractivity contribution in [3.8, 4) is 11.5 Å². The van der Waals surface area contributed by atoms with E-state index in [2.05, 4.69) is 5.32 Å². The van der Waals surface area contributed by atoms with Gasteiger partial charge in [-0.2, -0.15) is 13.2 Å². The standard InChI is InChI=1S/C16H13F4NO3/c1-23-13-6-4-10(8-14(13)24-2)21-15(22)9-3-5-12(17)11(7-9)16(18,19)20/h3-8H,1-2H3,(H,21,22). The Morgan fingerprint density at radius 2 is 1.67 bits per heavy atom. The van der Waals surface area contributed by atoms with Gasteiger partial charge in [-0.1, -0.05) is 0 Å². The van der Waals surface area contributed by atoms with Crippen LogP contribution in [0.1, 0.15) is 15.9 Å². The molecular formula is C16H13F4NO3. The first kappa shape index (κ1) is 17.6. The molecule has 0 spiro atoms. The highest BCUT2D eigenvalue weighted by Gasteiger charge is 2.34. The Morgan fingerprint density at radius 1 is 1.00 bits per heavy atom. The van der Waals surface area contributed by atoms with E-state index in [1.54, 1.807) is 0 Å². The van der Waals surface area contributed by atoms with Gasteiger partial charge in [0, 0.05) is 17.3 Å². The first-order valence-corrected chi connectivity index (χ1v) is 6.66. The van der Waals surface area contributed by atoms with Crippen molar-refractivity contribution in [2.45, 2.75) is 6.18 Å². The van der Waals surface area contributed by atoms with Crippen molar-refractivity contribution in [1.82, 2.24) is 0 Å². The Bertz CT molecular complexity index is 759. The van der Waals surface area contributed by atoms with Crippen molar-refractivity contribution in [2.24, 2.45) is 0 Å². The van der Waals surface area contributed by atoms with Crippen LogP contribution < -0.4 is 14.8 Å². The van der Waals surface area contributed by atoms with E-state index in [9.17, 15) is 22.4 Å². The molecule has 1 N–H and O–H groups in total. The van der Waals surface area contributed by atoms with Gasteiger partial charge in [0.1, 0.15) is 5.82 Å². The number of halogens is 4. The molecule has 0 saturated heterocycles. The molecule has 0 radical (unpaired) electrons. The lowest BCUT2D eigenvalue weighted by molar-refractivity contribution is -0.140. The number of methoxy groups -OCH3 is 2. The van der Waals surface area contributed by atoms with E-state index in [0.29, 0.717) is 23.6 Å². The van der Waals surface area contributed by atoms with Crippen molar-refractivity contribution >= 4 is 11.6 Å². The Balaban J connectivity index is 2.27. The second-order valence-electron chi connectivity index (χ2n) is 4.72. The van der Waals surface area contributed by atoms with Gasteiger partial charge in [-0.05, 0) is 30.3 Å². The molecule has 24 heavy (non-hydrogen) atoms. The third-order valence-electron chi connectivity index (χ3n) is 3.18. The van der Waals surface area contributed by atoms with Crippen molar-refractivity contribution in [1.29, 1.82) is 0 Å². The predicted molar refractivity (Wildman–Crippen MR) is 78.9 cm³/mol. The molecule has 0 aromatic heterocycles. The number of rotatable bonds is 4. The topological polar surface area (TPSA) is 47.6 Å². The maximum Gasteiger partial charge on any atom is 0.419 e. The van der Waals surface area contributed by atoms with Gasteiger partial charge in [-0.15, -0.1) is 0 Å². The third-order valence-corrected chi connectivity index (χ3v) is 3.18. The van der Waals surface area contributed by atoms with Crippen molar-refractivity contribution in [3.63, 3.8) is 0 Å². The van der Waals surface area contributed by atoms with Crippen LogP contribution >= 0.6 is 0 Å². The summed E-state index contributed by atoms with van der Waals surface area (Å²) in [6.07, 6.45) is -4.89. The molecule has 0 aliphatic carbocycles. The van der Waals surface area contributed by atoms with Crippen molar-refractivity contribution in [2.75, 3.05) is 19.5 Å². The Morgan fingerprint density at radius 3 is 2.25 bits per heavy atom. The van der Waals surface area contributed by atoms with E-state index in [-0.39, 0.29) is 11.3 Å². The molecule has 1 amide bonds. The number of benzene rings is 2. The minimum atomic E-state index is -4.89. The van der Waals surface area contributed by atoms with Crippen LogP contribution in [0.15, 0.2) is 36.4 Å². The average molecular weight is 343 g/mol. The van der Waals surface area contributed by atoms with Gasteiger partial charge < -0.3 is 14.8 Å². The van der Waals surface area contributed by atoms with Gasteiger partial charge in [-0.25, -0.2) is 4.39 Å². The monoisotopic (exact) mass is 343 g/mol. The number of ether oxygens (including phenoxy) is 2. The number of amides is 1. The van der Waals surface area contributed by atoms with Gasteiger partial charge in [0.2, 0.25) is 0 Å². The molecule has 0 aliphatic rings. The van der Waals surface area contributed by atoms with Crippen LogP contribution in [0.25, 0.3) is 0 Å². The SMILES string of the molecule is COc1ccc(NC(=O)c2ccc(F)c(C(F)(F)F)c2)cc1OC. The zero-order valence-corrected chi connectivity index (χ0v) is 12.7. The van der Waals surface area contributed by atoms with Crippen LogP contribution in [-0.4, -0.2) is 20.1 Å². The Labute approximate surface area is 135 Å². The number of carbonyl (C=O) groups excluding carboxylic acids is 1. The highest BCUT2D eigenvalue weighted by atomic mass is 19.4. The summed E-state index contributed by atoms with van der Waals surface area (Å²) in [7, 11) is 2.84. The zero-order valence-electron chi connectivity index (χ0n) is 12.7. The second kappa shape index (κ2) is 6.77. The van der Waals surface area contributed by atoms with Crippen LogP contribution in [-0.2, 0) is 6.18 Å². The highest BCUT2D eigenvalue weighted by Crippen LogP contribution is 2.33. The number of hydrogen-bond donors (Lipinski definition) is 1. The van der Waals surface area contributed by atoms with E-state index in [4.69, 9.17) is 9.47 Å². The average Bonchev–Trinajstić information content (AvgIpc) is 2.53. The lowest BCUT2D eigenvalue weighted by Crippen LogP contribution is -2.15. The Hall–Kier alpha value is -2.77. The number of carbonyl (C=O) groups is 1. The molecule has 0 bridgehead atoms. The summed E-state index contributed by atoms with van der Waals surface area (Å²) in [5, 5.41) is 2.42. The van der Waals surface area contributed by atoms with Crippen LogP contribution in [0.3, 0.4) is 0 Å². The lowest BCUT2D eigenvalue weighted by Gasteiger charge is -2.12. The van der Waals surface area contributed by atoms with E-state index < -0.39 is 23.5 Å². The molecule has 8 heteroatoms. The summed E-state index contributed by atoms with van der Waals surface area (Å²) in [5.41, 5.74) is -1.53. The van der Waals surface area contributed by atoms with Gasteiger partial charge in [0.15, 0.2) is 11.5 Å². The molecule has 2 aromatic carbocycles. The maximum atomic E-state index is 13.3. The molecular weight excluding hydrogens is 330 g/mol. The summed E-state index contributed by atoms with van der Waals surface area (Å²) in [6, 6.07) is 6.51. The zero-order chi connectivity index (χ0) is 17.9. The summed E-state index contributed by atoms with van der Waals surface area (Å²) >= 11 is 0. The molecule has 0 heterocycles. The molecule has 2 rings (SSSR count). The molecule has 0 aliphatic heterocycles. The van der Waals surface area contributed by atoms with E-state index in [1.165, 1.54) is 32.4 Å². The highest BCUT2D eigenvalue weighted by molar-refractivity contribution is 6.04. The first-order valence-electron chi connectivity index (χ1n) is 6.66. The fourth-order valence-corrected chi connectivity index (χ4v) is 2.00. The fourth-order valence-electron chi connectivity index (χ4n) is 2.00. The van der Waals surface area contributed by atoms with Crippen LogP contribution in [0.5, 0.6) is 11.5 Å². The number of anilines is 1. The maximum absolute atomic E-state index is 13.3. The second-order valence-corrected chi connectivity index (χ2v) is 4.72. The van der Waals surface area contributed by atoms with Crippen LogP contribution in [0.2, 0.25) is 0 Å². The van der Waals surface area contributed by atoms with E-state index in [0.717, 1.165) is 6.07 Å². The molecule has 128 valence electrons. The molecule has 0 atom stereocenters. The normalized spacial score (nSPS) is 11.1. The molecule has 0 fully saturated rings. The quantitative estimate of drug-likeness (QED) is 0.850. The molecule has 0 unspecified atom stereocenters. The van der Waals surface area contributed by atoms with Crippen molar-refractivity contribution in [3.05, 3.63) is 53.3 Å². The van der Waals surface area contributed by atoms with Crippen LogP contribution in [0, 0.1) is 5.82 Å². The first-order chi connectivity index (χ1) is 11.3. The summed E-state index contributed by atoms with van der Waals surface area (Å²) in [5.74, 6) is -1.49. The van der Waals surface area contributed by atoms with Gasteiger partial charge in [0.05, 0.1) is 19.8 Å². The lowest BCUT2D eigenvalue weighted by atomic mass is 10.1. The summed E-state index contributed by atoms with van der Waals surface area (Å²) < 4.78 is 61.5. The molecule has 4 nitrogen and oxygen atoms in total. The predicted octanol–water partition coefficient (Wildman–Crippen LogP) is 4.11. The third kappa shape index (κ3) is 3.76. The van der Waals surface area contributed by atoms with Gasteiger partial charge in [0.25, 0.3) is 5.91 Å². The smallest absolute Gasteiger partial charge is 0.419 e. The summed E-state index contributed by atoms with van der Waals surface area (Å²) in [6.45, 7) is 0. The number of nitrogens with one attached hydrogen (secondary N) is 1. The number of alkyl halides is 3. The van der Waals surface area contributed by atoms with E-state index in [1.807, 2.05) is 0 Å². The van der Waals surface area contributed by atoms with E-state index >= 15 is 0 Å². The van der Waals surface area contributed by atoms with Gasteiger partial charge >= 0.3 is 6.18 Å². The van der Waals surface area contributed by atoms with Gasteiger partial charge in [-0.3, -0.25) is 4.79 Å². The molecule has 0 saturated carbocycles. The van der Waals surface area contributed by atoms with Crippen LogP contribution in [0.4, 0.5) is 23.2 Å². The minimum absolute atomic E-state index is 0.288. The number of hydrogen-bond acceptors (Lipinski definition) is 3. The Kier molecular flexibility index (Phi) is 4.96. The summed E-state index contributed by atoms with van der Waals surface area (Å²) in [4.78, 5) is 12.1. The molecule has 2 aromatic rings.